The molecule has 1 saturated heterocycles. The number of aryl methyl sites for hydroxylation is 1. The summed E-state index contributed by atoms with van der Waals surface area (Å²) in [5.41, 5.74) is 1.06. The molecule has 6 amide bonds. The van der Waals surface area contributed by atoms with Crippen molar-refractivity contribution >= 4 is 23.9 Å². The van der Waals surface area contributed by atoms with E-state index in [9.17, 15) is 19.2 Å². The predicted octanol–water partition coefficient (Wildman–Crippen LogP) is -0.00480. The van der Waals surface area contributed by atoms with E-state index in [0.717, 1.165) is 10.5 Å². The Kier molecular flexibility index (Phi) is 5.29. The molecule has 0 radical (unpaired) electrons. The zero-order valence-corrected chi connectivity index (χ0v) is 12.7. The molecular weight excluding hydrogens is 300 g/mol. The summed E-state index contributed by atoms with van der Waals surface area (Å²) in [7, 11) is 1.36. The van der Waals surface area contributed by atoms with E-state index in [4.69, 9.17) is 0 Å². The molecule has 1 aromatic carbocycles. The molecule has 1 aromatic rings. The van der Waals surface area contributed by atoms with E-state index < -0.39 is 36.5 Å². The smallest absolute Gasteiger partial charge is 0.325 e. The van der Waals surface area contributed by atoms with Crippen LogP contribution >= 0.6 is 0 Å². The van der Waals surface area contributed by atoms with Gasteiger partial charge in [0.05, 0.1) is 0 Å². The molecule has 1 aliphatic heterocycles. The molecule has 0 aromatic heterocycles. The number of imide groups is 2. The zero-order chi connectivity index (χ0) is 16.8. The fourth-order valence-corrected chi connectivity index (χ4v) is 2.25. The van der Waals surface area contributed by atoms with Crippen LogP contribution in [0, 0.1) is 0 Å². The highest BCUT2D eigenvalue weighted by atomic mass is 16.2. The lowest BCUT2D eigenvalue weighted by atomic mass is 10.1. The highest BCUT2D eigenvalue weighted by molar-refractivity contribution is 6.07. The first-order chi connectivity index (χ1) is 11.0. The number of nitrogens with zero attached hydrogens (tertiary/aromatic N) is 1. The molecule has 0 aliphatic carbocycles. The van der Waals surface area contributed by atoms with E-state index in [0.29, 0.717) is 12.8 Å². The van der Waals surface area contributed by atoms with Crippen molar-refractivity contribution in [1.29, 1.82) is 0 Å². The SMILES string of the molecule is CNC(=O)NC(=O)CN1C(=O)N[C@H](CCc2ccccc2)C1=O. The number of hydrogen-bond acceptors (Lipinski definition) is 4. The van der Waals surface area contributed by atoms with E-state index in [1.165, 1.54) is 7.05 Å². The van der Waals surface area contributed by atoms with Gasteiger partial charge in [-0.25, -0.2) is 9.59 Å². The van der Waals surface area contributed by atoms with Crippen LogP contribution in [0.1, 0.15) is 12.0 Å². The van der Waals surface area contributed by atoms with E-state index in [1.807, 2.05) is 35.6 Å². The van der Waals surface area contributed by atoms with Crippen molar-refractivity contribution in [1.82, 2.24) is 20.9 Å². The normalized spacial score (nSPS) is 16.9. The number of amides is 6. The van der Waals surface area contributed by atoms with Gasteiger partial charge >= 0.3 is 12.1 Å². The van der Waals surface area contributed by atoms with Crippen LogP contribution in [0.25, 0.3) is 0 Å². The summed E-state index contributed by atoms with van der Waals surface area (Å²) in [5.74, 6) is -1.19. The van der Waals surface area contributed by atoms with Gasteiger partial charge in [-0.2, -0.15) is 0 Å². The Bertz CT molecular complexity index is 617. The maximum atomic E-state index is 12.2. The van der Waals surface area contributed by atoms with E-state index in [1.54, 1.807) is 0 Å². The second kappa shape index (κ2) is 7.39. The summed E-state index contributed by atoms with van der Waals surface area (Å²) in [6.07, 6.45) is 1.08. The van der Waals surface area contributed by atoms with Crippen molar-refractivity contribution in [2.75, 3.05) is 13.6 Å². The average molecular weight is 318 g/mol. The number of hydrogen-bond donors (Lipinski definition) is 3. The minimum Gasteiger partial charge on any atom is -0.341 e. The summed E-state index contributed by atoms with van der Waals surface area (Å²) in [5, 5.41) is 6.78. The molecule has 0 unspecified atom stereocenters. The van der Waals surface area contributed by atoms with Gasteiger partial charge in [-0.05, 0) is 18.4 Å². The van der Waals surface area contributed by atoms with Crippen LogP contribution in [0.2, 0.25) is 0 Å². The largest absolute Gasteiger partial charge is 0.341 e. The Balaban J connectivity index is 1.89. The molecule has 8 heteroatoms. The van der Waals surface area contributed by atoms with Gasteiger partial charge in [-0.1, -0.05) is 30.3 Å². The third-order valence-corrected chi connectivity index (χ3v) is 3.45. The molecular formula is C15H18N4O4. The van der Waals surface area contributed by atoms with E-state index >= 15 is 0 Å². The van der Waals surface area contributed by atoms with Crippen molar-refractivity contribution in [3.05, 3.63) is 35.9 Å². The van der Waals surface area contributed by atoms with Crippen molar-refractivity contribution in [2.45, 2.75) is 18.9 Å². The molecule has 1 fully saturated rings. The van der Waals surface area contributed by atoms with Crippen molar-refractivity contribution in [3.8, 4) is 0 Å². The number of carbonyl (C=O) groups is 4. The first kappa shape index (κ1) is 16.5. The van der Waals surface area contributed by atoms with Crippen LogP contribution in [0.5, 0.6) is 0 Å². The maximum Gasteiger partial charge on any atom is 0.325 e. The van der Waals surface area contributed by atoms with Gasteiger partial charge < -0.3 is 10.6 Å². The number of rotatable bonds is 5. The lowest BCUT2D eigenvalue weighted by Gasteiger charge is -2.12. The van der Waals surface area contributed by atoms with Gasteiger partial charge in [0.2, 0.25) is 5.91 Å². The minimum atomic E-state index is -0.725. The Morgan fingerprint density at radius 3 is 2.57 bits per heavy atom. The molecule has 1 atom stereocenters. The van der Waals surface area contributed by atoms with E-state index in [2.05, 4.69) is 10.6 Å². The van der Waals surface area contributed by atoms with Gasteiger partial charge in [0.1, 0.15) is 12.6 Å². The molecule has 1 aliphatic rings. The number of benzene rings is 1. The van der Waals surface area contributed by atoms with Gasteiger partial charge in [0, 0.05) is 7.05 Å². The average Bonchev–Trinajstić information content (AvgIpc) is 2.81. The van der Waals surface area contributed by atoms with Gasteiger partial charge in [0.15, 0.2) is 0 Å². The Labute approximate surface area is 133 Å². The molecule has 23 heavy (non-hydrogen) atoms. The number of urea groups is 2. The quantitative estimate of drug-likeness (QED) is 0.664. The van der Waals surface area contributed by atoms with E-state index in [-0.39, 0.29) is 0 Å². The van der Waals surface area contributed by atoms with Gasteiger partial charge in [-0.3, -0.25) is 19.8 Å². The van der Waals surface area contributed by atoms with Crippen LogP contribution in [-0.2, 0) is 16.0 Å². The third kappa shape index (κ3) is 4.29. The lowest BCUT2D eigenvalue weighted by Crippen LogP contribution is -2.45. The van der Waals surface area contributed by atoms with Gasteiger partial charge in [0.25, 0.3) is 5.91 Å². The minimum absolute atomic E-state index is 0.447. The fourth-order valence-electron chi connectivity index (χ4n) is 2.25. The van der Waals surface area contributed by atoms with Crippen LogP contribution in [0.3, 0.4) is 0 Å². The van der Waals surface area contributed by atoms with Crippen LogP contribution in [0.4, 0.5) is 9.59 Å². The highest BCUT2D eigenvalue weighted by Gasteiger charge is 2.38. The molecule has 0 saturated carbocycles. The molecule has 3 N–H and O–H groups in total. The summed E-state index contributed by atoms with van der Waals surface area (Å²) < 4.78 is 0. The van der Waals surface area contributed by atoms with Crippen molar-refractivity contribution in [2.24, 2.45) is 0 Å². The van der Waals surface area contributed by atoms with Crippen molar-refractivity contribution in [3.63, 3.8) is 0 Å². The Morgan fingerprint density at radius 2 is 1.91 bits per heavy atom. The zero-order valence-electron chi connectivity index (χ0n) is 12.7. The first-order valence-electron chi connectivity index (χ1n) is 7.18. The molecule has 122 valence electrons. The second-order valence-electron chi connectivity index (χ2n) is 5.08. The Morgan fingerprint density at radius 1 is 1.22 bits per heavy atom. The highest BCUT2D eigenvalue weighted by Crippen LogP contribution is 2.12. The predicted molar refractivity (Wildman–Crippen MR) is 81.4 cm³/mol. The molecule has 8 nitrogen and oxygen atoms in total. The molecule has 2 rings (SSSR count). The van der Waals surface area contributed by atoms with Crippen LogP contribution < -0.4 is 16.0 Å². The monoisotopic (exact) mass is 318 g/mol. The molecule has 0 bridgehead atoms. The molecule has 1 heterocycles. The van der Waals surface area contributed by atoms with Crippen LogP contribution in [-0.4, -0.2) is 48.4 Å². The topological polar surface area (TPSA) is 108 Å². The van der Waals surface area contributed by atoms with Crippen molar-refractivity contribution < 1.29 is 19.2 Å². The number of nitrogens with one attached hydrogen (secondary N) is 3. The van der Waals surface area contributed by atoms with Gasteiger partial charge in [-0.15, -0.1) is 0 Å². The third-order valence-electron chi connectivity index (χ3n) is 3.45. The second-order valence-corrected chi connectivity index (χ2v) is 5.08. The maximum absolute atomic E-state index is 12.2. The first-order valence-corrected chi connectivity index (χ1v) is 7.18. The standard InChI is InChI=1S/C15H18N4O4/c1-16-14(22)18-12(20)9-19-13(21)11(17-15(19)23)8-7-10-5-3-2-4-6-10/h2-6,11H,7-9H2,1H3,(H,17,23)(H2,16,18,20,22)/t11-/m1/s1. The summed E-state index contributed by atoms with van der Waals surface area (Å²) in [4.78, 5) is 47.4. The van der Waals surface area contributed by atoms with Crippen LogP contribution in [0.15, 0.2) is 30.3 Å². The Hall–Kier alpha value is -2.90. The number of carbonyl (C=O) groups excluding carboxylic acids is 4. The summed E-state index contributed by atoms with van der Waals surface area (Å²) in [6.45, 7) is -0.486. The summed E-state index contributed by atoms with van der Waals surface area (Å²) in [6, 6.07) is 7.61. The lowest BCUT2D eigenvalue weighted by molar-refractivity contribution is -0.131. The molecule has 0 spiro atoms. The summed E-state index contributed by atoms with van der Waals surface area (Å²) >= 11 is 0. The fraction of sp³-hybridized carbons (Fsp3) is 0.333.